The number of thiophene rings is 1. The Hall–Kier alpha value is -3.24. The summed E-state index contributed by atoms with van der Waals surface area (Å²) < 4.78 is 5.12. The number of ether oxygens (including phenoxy) is 1. The highest BCUT2D eigenvalue weighted by Gasteiger charge is 2.29. The van der Waals surface area contributed by atoms with Crippen molar-refractivity contribution in [3.05, 3.63) is 39.8 Å². The van der Waals surface area contributed by atoms with Gasteiger partial charge in [-0.25, -0.2) is 10.2 Å². The van der Waals surface area contributed by atoms with E-state index in [2.05, 4.69) is 15.8 Å². The van der Waals surface area contributed by atoms with Crippen molar-refractivity contribution in [2.75, 3.05) is 25.0 Å². The van der Waals surface area contributed by atoms with Gasteiger partial charge >= 0.3 is 17.8 Å². The molecule has 33 heavy (non-hydrogen) atoms. The number of benzene rings is 1. The number of hydrogen-bond acceptors (Lipinski definition) is 7. The molecule has 10 heteroatoms. The van der Waals surface area contributed by atoms with Crippen molar-refractivity contribution in [2.45, 2.75) is 40.0 Å². The van der Waals surface area contributed by atoms with Crippen LogP contribution in [0.1, 0.15) is 53.6 Å². The van der Waals surface area contributed by atoms with Gasteiger partial charge < -0.3 is 20.1 Å². The van der Waals surface area contributed by atoms with Crippen LogP contribution in [0.2, 0.25) is 0 Å². The van der Waals surface area contributed by atoms with Gasteiger partial charge in [-0.2, -0.15) is 5.10 Å². The molecule has 2 aromatic rings. The number of carbonyl (C=O) groups is 3. The van der Waals surface area contributed by atoms with Gasteiger partial charge in [-0.05, 0) is 69.4 Å². The van der Waals surface area contributed by atoms with E-state index in [4.69, 9.17) is 4.74 Å². The third-order valence-electron chi connectivity index (χ3n) is 5.48. The predicted octanol–water partition coefficient (Wildman–Crippen LogP) is 1.13. The van der Waals surface area contributed by atoms with Crippen molar-refractivity contribution in [3.8, 4) is 5.75 Å². The minimum Gasteiger partial charge on any atom is -0.872 e. The predicted molar refractivity (Wildman–Crippen MR) is 124 cm³/mol. The first kappa shape index (κ1) is 24.4. The number of quaternary nitrogens is 1. The van der Waals surface area contributed by atoms with Gasteiger partial charge in [0.05, 0.1) is 31.5 Å². The Bertz CT molecular complexity index is 1080. The molecule has 0 radical (unpaired) electrons. The molecule has 0 bridgehead atoms. The first-order valence-corrected chi connectivity index (χ1v) is 11.8. The largest absolute Gasteiger partial charge is 0.872 e. The Morgan fingerprint density at radius 1 is 1.18 bits per heavy atom. The summed E-state index contributed by atoms with van der Waals surface area (Å²) in [5, 5.41) is 18.9. The van der Waals surface area contributed by atoms with Crippen molar-refractivity contribution < 1.29 is 29.1 Å². The van der Waals surface area contributed by atoms with Gasteiger partial charge in [-0.15, -0.1) is 11.3 Å². The van der Waals surface area contributed by atoms with Crippen LogP contribution in [0.4, 0.5) is 10.7 Å². The lowest BCUT2D eigenvalue weighted by molar-refractivity contribution is -0.828. The molecule has 0 unspecified atom stereocenters. The van der Waals surface area contributed by atoms with Gasteiger partial charge in [-0.1, -0.05) is 5.75 Å². The van der Waals surface area contributed by atoms with E-state index in [0.29, 0.717) is 16.1 Å². The van der Waals surface area contributed by atoms with Gasteiger partial charge in [-0.3, -0.25) is 9.59 Å². The standard InChI is InChI=1S/C23H28N4O5S/c1-4-27(5-2)15-11-10-14(17(28)12-15)13-24-26-21(30)20(29)25-22-19(23(31)32-6-3)16-8-7-9-18(16)33-22/h10-13,28H,4-9H2,1-3H3,(H,25,29)(H,26,30). The average Bonchev–Trinajstić information content (AvgIpc) is 3.36. The first-order valence-electron chi connectivity index (χ1n) is 11.0. The van der Waals surface area contributed by atoms with Crippen LogP contribution >= 0.6 is 11.3 Å². The molecule has 1 aliphatic rings. The van der Waals surface area contributed by atoms with Crippen LogP contribution in [0.3, 0.4) is 0 Å². The number of carbonyl (C=O) groups excluding carboxylic acids is 3. The zero-order chi connectivity index (χ0) is 24.0. The summed E-state index contributed by atoms with van der Waals surface area (Å²) >= 11 is 1.28. The van der Waals surface area contributed by atoms with Gasteiger partial charge in [0.15, 0.2) is 0 Å². The van der Waals surface area contributed by atoms with Crippen LogP contribution < -0.4 is 20.7 Å². The Kier molecular flexibility index (Phi) is 8.18. The smallest absolute Gasteiger partial charge is 0.341 e. The van der Waals surface area contributed by atoms with E-state index in [1.165, 1.54) is 22.5 Å². The lowest BCUT2D eigenvalue weighted by atomic mass is 10.1. The van der Waals surface area contributed by atoms with E-state index in [0.717, 1.165) is 48.5 Å². The first-order chi connectivity index (χ1) is 15.9. The van der Waals surface area contributed by atoms with Crippen LogP contribution in [-0.2, 0) is 27.2 Å². The van der Waals surface area contributed by atoms with Gasteiger partial charge in [0.1, 0.15) is 10.7 Å². The maximum absolute atomic E-state index is 12.4. The Morgan fingerprint density at radius 3 is 2.61 bits per heavy atom. The molecule has 0 aliphatic heterocycles. The molecule has 1 aromatic carbocycles. The number of aryl methyl sites for hydroxylation is 1. The average molecular weight is 473 g/mol. The summed E-state index contributed by atoms with van der Waals surface area (Å²) in [6.07, 6.45) is 3.71. The number of amides is 2. The summed E-state index contributed by atoms with van der Waals surface area (Å²) in [4.78, 5) is 39.1. The highest BCUT2D eigenvalue weighted by Crippen LogP contribution is 2.39. The number of rotatable bonds is 8. The Morgan fingerprint density at radius 2 is 1.94 bits per heavy atom. The quantitative estimate of drug-likeness (QED) is 0.230. The lowest BCUT2D eigenvalue weighted by Gasteiger charge is -2.18. The topological polar surface area (TPSA) is 124 Å². The summed E-state index contributed by atoms with van der Waals surface area (Å²) in [6, 6.07) is 5.02. The van der Waals surface area contributed by atoms with Crippen LogP contribution in [0, 0.1) is 0 Å². The SMILES string of the molecule is CCOC(=O)c1c(NC(=O)C(=O)NN=Cc2ccc([NH+](CC)CC)cc2[O-])sc2c1CCC2. The summed E-state index contributed by atoms with van der Waals surface area (Å²) in [5.74, 6) is -2.70. The van der Waals surface area contributed by atoms with Crippen molar-refractivity contribution in [3.63, 3.8) is 0 Å². The summed E-state index contributed by atoms with van der Waals surface area (Å²) in [6.45, 7) is 7.72. The molecule has 1 heterocycles. The van der Waals surface area contributed by atoms with Gasteiger partial charge in [0, 0.05) is 4.88 Å². The number of hydrazone groups is 1. The maximum Gasteiger partial charge on any atom is 0.341 e. The van der Waals surface area contributed by atoms with Crippen LogP contribution in [0.15, 0.2) is 23.3 Å². The minimum atomic E-state index is -1.01. The molecule has 9 nitrogen and oxygen atoms in total. The molecular weight excluding hydrogens is 444 g/mol. The second kappa shape index (κ2) is 11.1. The Balaban J connectivity index is 1.65. The van der Waals surface area contributed by atoms with Crippen molar-refractivity contribution in [2.24, 2.45) is 5.10 Å². The molecular formula is C23H28N4O5S. The molecule has 1 aromatic heterocycles. The number of nitrogens with one attached hydrogen (secondary N) is 3. The second-order valence-corrected chi connectivity index (χ2v) is 8.60. The summed E-state index contributed by atoms with van der Waals surface area (Å²) in [5.41, 5.74) is 4.52. The fraction of sp³-hybridized carbons (Fsp3) is 0.391. The normalized spacial score (nSPS) is 12.7. The second-order valence-electron chi connectivity index (χ2n) is 7.50. The van der Waals surface area contributed by atoms with E-state index in [9.17, 15) is 19.5 Å². The molecule has 0 saturated carbocycles. The molecule has 3 rings (SSSR count). The number of esters is 1. The third-order valence-corrected chi connectivity index (χ3v) is 6.69. The van der Waals surface area contributed by atoms with Gasteiger partial charge in [0.25, 0.3) is 0 Å². The molecule has 0 atom stereocenters. The molecule has 0 spiro atoms. The third kappa shape index (κ3) is 5.58. The number of hydrogen-bond donors (Lipinski definition) is 3. The van der Waals surface area contributed by atoms with Crippen molar-refractivity contribution in [1.29, 1.82) is 0 Å². The summed E-state index contributed by atoms with van der Waals surface area (Å²) in [7, 11) is 0. The van der Waals surface area contributed by atoms with Crippen LogP contribution in [0.5, 0.6) is 5.75 Å². The number of anilines is 1. The zero-order valence-corrected chi connectivity index (χ0v) is 19.8. The monoisotopic (exact) mass is 472 g/mol. The number of fused-ring (bicyclic) bond motifs is 1. The van der Waals surface area contributed by atoms with Crippen molar-refractivity contribution >= 4 is 46.0 Å². The fourth-order valence-corrected chi connectivity index (χ4v) is 5.07. The van der Waals surface area contributed by atoms with E-state index < -0.39 is 17.8 Å². The molecule has 0 fully saturated rings. The minimum absolute atomic E-state index is 0.213. The Labute approximate surface area is 196 Å². The fourth-order valence-electron chi connectivity index (χ4n) is 3.80. The van der Waals surface area contributed by atoms with E-state index in [1.54, 1.807) is 19.1 Å². The number of nitrogens with zero attached hydrogens (tertiary/aromatic N) is 1. The molecule has 176 valence electrons. The maximum atomic E-state index is 12.4. The highest BCUT2D eigenvalue weighted by atomic mass is 32.1. The molecule has 3 N–H and O–H groups in total. The van der Waals surface area contributed by atoms with Crippen molar-refractivity contribution in [1.82, 2.24) is 5.43 Å². The van der Waals surface area contributed by atoms with Crippen LogP contribution in [-0.4, -0.2) is 43.7 Å². The molecule has 0 saturated heterocycles. The highest BCUT2D eigenvalue weighted by molar-refractivity contribution is 7.17. The zero-order valence-electron chi connectivity index (χ0n) is 18.9. The van der Waals surface area contributed by atoms with Crippen LogP contribution in [0.25, 0.3) is 0 Å². The molecule has 2 amide bonds. The molecule has 1 aliphatic carbocycles. The van der Waals surface area contributed by atoms with E-state index in [1.807, 2.05) is 19.9 Å². The van der Waals surface area contributed by atoms with Gasteiger partial charge in [0.2, 0.25) is 0 Å². The van der Waals surface area contributed by atoms with E-state index in [-0.39, 0.29) is 12.4 Å². The lowest BCUT2D eigenvalue weighted by Crippen LogP contribution is -3.06. The van der Waals surface area contributed by atoms with E-state index >= 15 is 0 Å².